The van der Waals surface area contributed by atoms with E-state index in [-0.39, 0.29) is 0 Å². The van der Waals surface area contributed by atoms with Crippen molar-refractivity contribution in [2.75, 3.05) is 6.54 Å². The van der Waals surface area contributed by atoms with Crippen LogP contribution in [0.15, 0.2) is 46.0 Å². The van der Waals surface area contributed by atoms with Gasteiger partial charge in [-0.15, -0.1) is 11.8 Å². The maximum Gasteiger partial charge on any atom is 0.0475 e. The molecule has 0 saturated carbocycles. The quantitative estimate of drug-likeness (QED) is 0.833. The molecule has 2 N–H and O–H groups in total. The zero-order valence-electron chi connectivity index (χ0n) is 9.22. The summed E-state index contributed by atoms with van der Waals surface area (Å²) >= 11 is 3.56. The smallest absolute Gasteiger partial charge is 0.0475 e. The van der Waals surface area contributed by atoms with E-state index in [2.05, 4.69) is 48.0 Å². The highest BCUT2D eigenvalue weighted by atomic mass is 32.2. The molecule has 0 aliphatic heterocycles. The third-order valence-electron chi connectivity index (χ3n) is 2.43. The molecule has 1 heterocycles. The fourth-order valence-electron chi connectivity index (χ4n) is 1.49. The predicted octanol–water partition coefficient (Wildman–Crippen LogP) is 3.85. The topological polar surface area (TPSA) is 26.0 Å². The fraction of sp³-hybridized carbons (Fsp3) is 0.231. The molecule has 0 bridgehead atoms. The van der Waals surface area contributed by atoms with Crippen molar-refractivity contribution in [2.24, 2.45) is 5.73 Å². The summed E-state index contributed by atoms with van der Waals surface area (Å²) < 4.78 is 0. The first-order valence-electron chi connectivity index (χ1n) is 5.25. The zero-order chi connectivity index (χ0) is 11.4. The van der Waals surface area contributed by atoms with Gasteiger partial charge in [0.1, 0.15) is 0 Å². The molecule has 0 amide bonds. The molecule has 1 aromatic heterocycles. The van der Waals surface area contributed by atoms with Crippen LogP contribution in [-0.2, 0) is 0 Å². The van der Waals surface area contributed by atoms with E-state index in [4.69, 9.17) is 5.73 Å². The molecule has 0 radical (unpaired) electrons. The van der Waals surface area contributed by atoms with Gasteiger partial charge in [0.15, 0.2) is 0 Å². The second-order valence-electron chi connectivity index (χ2n) is 3.71. The highest BCUT2D eigenvalue weighted by molar-refractivity contribution is 7.99. The monoisotopic (exact) mass is 249 g/mol. The standard InChI is InChI=1S/C13H15NS2/c1-10-2-4-12(5-3-10)16-13(8-14)11-6-7-15-9-11/h2-7,9,13H,8,14H2,1H3. The summed E-state index contributed by atoms with van der Waals surface area (Å²) in [7, 11) is 0. The Hall–Kier alpha value is -0.770. The maximum absolute atomic E-state index is 5.83. The van der Waals surface area contributed by atoms with Crippen LogP contribution in [0.2, 0.25) is 0 Å². The van der Waals surface area contributed by atoms with Gasteiger partial charge in [0.25, 0.3) is 0 Å². The summed E-state index contributed by atoms with van der Waals surface area (Å²) in [5, 5.41) is 4.65. The first-order valence-corrected chi connectivity index (χ1v) is 7.07. The lowest BCUT2D eigenvalue weighted by Gasteiger charge is -2.12. The first kappa shape index (κ1) is 11.7. The van der Waals surface area contributed by atoms with Crippen molar-refractivity contribution in [1.82, 2.24) is 0 Å². The lowest BCUT2D eigenvalue weighted by molar-refractivity contribution is 0.946. The van der Waals surface area contributed by atoms with Crippen LogP contribution < -0.4 is 5.73 Å². The van der Waals surface area contributed by atoms with Gasteiger partial charge in [0, 0.05) is 16.7 Å². The molecule has 2 aromatic rings. The van der Waals surface area contributed by atoms with Crippen LogP contribution in [0.25, 0.3) is 0 Å². The minimum Gasteiger partial charge on any atom is -0.329 e. The summed E-state index contributed by atoms with van der Waals surface area (Å²) in [6.45, 7) is 2.78. The van der Waals surface area contributed by atoms with Gasteiger partial charge in [0.2, 0.25) is 0 Å². The Morgan fingerprint density at radius 1 is 1.25 bits per heavy atom. The Bertz CT molecular complexity index is 420. The molecular formula is C13H15NS2. The number of benzene rings is 1. The second-order valence-corrected chi connectivity index (χ2v) is 5.77. The van der Waals surface area contributed by atoms with Crippen LogP contribution in [-0.4, -0.2) is 6.54 Å². The first-order chi connectivity index (χ1) is 7.79. The van der Waals surface area contributed by atoms with Crippen LogP contribution in [0.1, 0.15) is 16.4 Å². The van der Waals surface area contributed by atoms with Gasteiger partial charge in [-0.2, -0.15) is 11.3 Å². The summed E-state index contributed by atoms with van der Waals surface area (Å²) in [6, 6.07) is 10.8. The third kappa shape index (κ3) is 2.88. The van der Waals surface area contributed by atoms with Gasteiger partial charge in [-0.3, -0.25) is 0 Å². The van der Waals surface area contributed by atoms with Crippen LogP contribution in [0.5, 0.6) is 0 Å². The van der Waals surface area contributed by atoms with Gasteiger partial charge < -0.3 is 5.73 Å². The van der Waals surface area contributed by atoms with E-state index < -0.39 is 0 Å². The molecule has 0 fully saturated rings. The van der Waals surface area contributed by atoms with Crippen LogP contribution in [0.4, 0.5) is 0 Å². The van der Waals surface area contributed by atoms with Crippen molar-refractivity contribution < 1.29 is 0 Å². The Morgan fingerprint density at radius 2 is 2.00 bits per heavy atom. The third-order valence-corrected chi connectivity index (χ3v) is 4.42. The highest BCUT2D eigenvalue weighted by Crippen LogP contribution is 2.35. The molecule has 1 unspecified atom stereocenters. The Kier molecular flexibility index (Phi) is 4.04. The van der Waals surface area contributed by atoms with Crippen LogP contribution >= 0.6 is 23.1 Å². The molecule has 3 heteroatoms. The van der Waals surface area contributed by atoms with Gasteiger partial charge >= 0.3 is 0 Å². The van der Waals surface area contributed by atoms with Gasteiger partial charge in [-0.05, 0) is 41.4 Å². The van der Waals surface area contributed by atoms with Crippen molar-refractivity contribution >= 4 is 23.1 Å². The SMILES string of the molecule is Cc1ccc(SC(CN)c2ccsc2)cc1. The molecule has 0 spiro atoms. The molecule has 1 atom stereocenters. The van der Waals surface area contributed by atoms with E-state index in [1.807, 2.05) is 11.8 Å². The molecule has 0 aliphatic rings. The Morgan fingerprint density at radius 3 is 2.56 bits per heavy atom. The summed E-state index contributed by atoms with van der Waals surface area (Å²) in [6.07, 6.45) is 0. The van der Waals surface area contributed by atoms with E-state index in [1.165, 1.54) is 16.0 Å². The number of hydrogen-bond donors (Lipinski definition) is 1. The van der Waals surface area contributed by atoms with Crippen molar-refractivity contribution in [2.45, 2.75) is 17.1 Å². The molecule has 0 aliphatic carbocycles. The van der Waals surface area contributed by atoms with E-state index in [9.17, 15) is 0 Å². The summed E-state index contributed by atoms with van der Waals surface area (Å²) in [5.74, 6) is 0. The molecule has 2 rings (SSSR count). The van der Waals surface area contributed by atoms with Crippen molar-refractivity contribution in [1.29, 1.82) is 0 Å². The van der Waals surface area contributed by atoms with Gasteiger partial charge in [-0.1, -0.05) is 17.7 Å². The maximum atomic E-state index is 5.83. The van der Waals surface area contributed by atoms with Crippen molar-refractivity contribution in [3.63, 3.8) is 0 Å². The van der Waals surface area contributed by atoms with Gasteiger partial charge in [0.05, 0.1) is 0 Å². The van der Waals surface area contributed by atoms with E-state index >= 15 is 0 Å². The Labute approximate surface area is 105 Å². The number of nitrogens with two attached hydrogens (primary N) is 1. The number of hydrogen-bond acceptors (Lipinski definition) is 3. The molecule has 84 valence electrons. The number of thiophene rings is 1. The van der Waals surface area contributed by atoms with Crippen molar-refractivity contribution in [3.8, 4) is 0 Å². The number of thioether (sulfide) groups is 1. The largest absolute Gasteiger partial charge is 0.329 e. The lowest BCUT2D eigenvalue weighted by Crippen LogP contribution is -2.08. The molecule has 0 saturated heterocycles. The average molecular weight is 249 g/mol. The molecular weight excluding hydrogens is 234 g/mol. The summed E-state index contributed by atoms with van der Waals surface area (Å²) in [4.78, 5) is 1.28. The average Bonchev–Trinajstić information content (AvgIpc) is 2.82. The fourth-order valence-corrected chi connectivity index (χ4v) is 3.29. The van der Waals surface area contributed by atoms with Crippen LogP contribution in [0.3, 0.4) is 0 Å². The molecule has 1 nitrogen and oxygen atoms in total. The molecule has 16 heavy (non-hydrogen) atoms. The number of aryl methyl sites for hydroxylation is 1. The van der Waals surface area contributed by atoms with Crippen molar-refractivity contribution in [3.05, 3.63) is 52.2 Å². The second kappa shape index (κ2) is 5.53. The van der Waals surface area contributed by atoms with E-state index in [1.54, 1.807) is 11.3 Å². The minimum absolute atomic E-state index is 0.369. The summed E-state index contributed by atoms with van der Waals surface area (Å²) in [5.41, 5.74) is 8.45. The molecule has 1 aromatic carbocycles. The van der Waals surface area contributed by atoms with E-state index in [0.717, 1.165) is 0 Å². The van der Waals surface area contributed by atoms with E-state index in [0.29, 0.717) is 11.8 Å². The Balaban J connectivity index is 2.10. The lowest BCUT2D eigenvalue weighted by atomic mass is 10.2. The predicted molar refractivity (Wildman–Crippen MR) is 73.2 cm³/mol. The van der Waals surface area contributed by atoms with Crippen LogP contribution in [0, 0.1) is 6.92 Å². The minimum atomic E-state index is 0.369. The zero-order valence-corrected chi connectivity index (χ0v) is 10.9. The van der Waals surface area contributed by atoms with Gasteiger partial charge in [-0.25, -0.2) is 0 Å². The number of rotatable bonds is 4. The normalized spacial score (nSPS) is 12.6. The highest BCUT2D eigenvalue weighted by Gasteiger charge is 2.11.